The minimum atomic E-state index is -0.211. The van der Waals surface area contributed by atoms with E-state index in [9.17, 15) is 4.79 Å². The van der Waals surface area contributed by atoms with Crippen molar-refractivity contribution in [2.45, 2.75) is 57.5 Å². The van der Waals surface area contributed by atoms with E-state index in [1.165, 1.54) is 0 Å². The van der Waals surface area contributed by atoms with Gasteiger partial charge in [0.2, 0.25) is 0 Å². The summed E-state index contributed by atoms with van der Waals surface area (Å²) in [4.78, 5) is 11.9. The quantitative estimate of drug-likeness (QED) is 0.847. The van der Waals surface area contributed by atoms with Gasteiger partial charge in [0, 0.05) is 24.2 Å². The molecule has 0 spiro atoms. The summed E-state index contributed by atoms with van der Waals surface area (Å²) >= 11 is 0. The van der Waals surface area contributed by atoms with Crippen LogP contribution in [0.3, 0.4) is 0 Å². The molecule has 0 bridgehead atoms. The number of carbonyl (C=O) groups is 1. The van der Waals surface area contributed by atoms with E-state index in [0.717, 1.165) is 25.0 Å². The van der Waals surface area contributed by atoms with Crippen molar-refractivity contribution in [2.24, 2.45) is 5.73 Å². The molecule has 1 aliphatic rings. The first-order valence-corrected chi connectivity index (χ1v) is 6.33. The summed E-state index contributed by atoms with van der Waals surface area (Å²) < 4.78 is 1.88. The minimum absolute atomic E-state index is 0.209. The van der Waals surface area contributed by atoms with Gasteiger partial charge in [0.15, 0.2) is 0 Å². The Morgan fingerprint density at radius 2 is 2.29 bits per heavy atom. The van der Waals surface area contributed by atoms with Crippen molar-refractivity contribution in [3.63, 3.8) is 0 Å². The molecule has 2 rings (SSSR count). The maximum absolute atomic E-state index is 11.9. The Morgan fingerprint density at radius 1 is 1.59 bits per heavy atom. The number of nitrogens with zero attached hydrogens (tertiary/aromatic N) is 2. The van der Waals surface area contributed by atoms with E-state index >= 15 is 0 Å². The zero-order valence-corrected chi connectivity index (χ0v) is 10.6. The van der Waals surface area contributed by atoms with Gasteiger partial charge >= 0.3 is 0 Å². The summed E-state index contributed by atoms with van der Waals surface area (Å²) in [6, 6.07) is 2.26. The molecule has 1 aromatic heterocycles. The van der Waals surface area contributed by atoms with E-state index in [-0.39, 0.29) is 11.3 Å². The summed E-state index contributed by atoms with van der Waals surface area (Å²) in [6.45, 7) is 4.14. The lowest BCUT2D eigenvalue weighted by atomic mass is 9.74. The Morgan fingerprint density at radius 3 is 2.76 bits per heavy atom. The first kappa shape index (κ1) is 12.3. The number of hydrogen-bond donors (Lipinski definition) is 1. The molecule has 1 aliphatic carbocycles. The number of ketones is 1. The van der Waals surface area contributed by atoms with Crippen molar-refractivity contribution in [1.29, 1.82) is 0 Å². The number of hydrogen-bond acceptors (Lipinski definition) is 3. The number of rotatable bonds is 5. The van der Waals surface area contributed by atoms with Gasteiger partial charge in [-0.15, -0.1) is 0 Å². The van der Waals surface area contributed by atoms with Gasteiger partial charge in [0.05, 0.1) is 12.1 Å². The van der Waals surface area contributed by atoms with Gasteiger partial charge < -0.3 is 5.73 Å². The SMILES string of the molecule is CC(C)n1ccc(CC(=O)CC2(N)CCC2)n1. The topological polar surface area (TPSA) is 60.9 Å². The summed E-state index contributed by atoms with van der Waals surface area (Å²) in [6.07, 6.45) is 5.97. The highest BCUT2D eigenvalue weighted by Crippen LogP contribution is 2.32. The van der Waals surface area contributed by atoms with Gasteiger partial charge in [0.1, 0.15) is 5.78 Å². The molecule has 1 heterocycles. The fourth-order valence-corrected chi connectivity index (χ4v) is 2.22. The standard InChI is InChI=1S/C13H21N3O/c1-10(2)16-7-4-11(15-16)8-12(17)9-13(14)5-3-6-13/h4,7,10H,3,5-6,8-9,14H2,1-2H3. The lowest BCUT2D eigenvalue weighted by molar-refractivity contribution is -0.120. The number of carbonyl (C=O) groups excluding carboxylic acids is 1. The van der Waals surface area contributed by atoms with Crippen molar-refractivity contribution >= 4 is 5.78 Å². The predicted molar refractivity (Wildman–Crippen MR) is 66.7 cm³/mol. The fourth-order valence-electron chi connectivity index (χ4n) is 2.22. The van der Waals surface area contributed by atoms with E-state index in [0.29, 0.717) is 18.9 Å². The van der Waals surface area contributed by atoms with E-state index in [4.69, 9.17) is 5.73 Å². The third-order valence-electron chi connectivity index (χ3n) is 3.47. The van der Waals surface area contributed by atoms with Crippen LogP contribution in [0.5, 0.6) is 0 Å². The molecule has 1 saturated carbocycles. The van der Waals surface area contributed by atoms with Gasteiger partial charge in [0.25, 0.3) is 0 Å². The molecule has 0 atom stereocenters. The Balaban J connectivity index is 1.89. The lowest BCUT2D eigenvalue weighted by Crippen LogP contribution is -2.48. The Labute approximate surface area is 102 Å². The molecule has 0 radical (unpaired) electrons. The van der Waals surface area contributed by atoms with Gasteiger partial charge in [-0.3, -0.25) is 9.48 Å². The number of nitrogens with two attached hydrogens (primary N) is 1. The second kappa shape index (κ2) is 4.61. The number of aromatic nitrogens is 2. The van der Waals surface area contributed by atoms with Crippen molar-refractivity contribution in [1.82, 2.24) is 9.78 Å². The van der Waals surface area contributed by atoms with Gasteiger partial charge in [-0.1, -0.05) is 0 Å². The Hall–Kier alpha value is -1.16. The van der Waals surface area contributed by atoms with Crippen LogP contribution >= 0.6 is 0 Å². The van der Waals surface area contributed by atoms with E-state index in [1.807, 2.05) is 16.9 Å². The average Bonchev–Trinajstić information content (AvgIpc) is 2.63. The molecule has 0 saturated heterocycles. The van der Waals surface area contributed by atoms with Gasteiger partial charge in [-0.05, 0) is 39.2 Å². The first-order chi connectivity index (χ1) is 7.98. The third-order valence-corrected chi connectivity index (χ3v) is 3.47. The van der Waals surface area contributed by atoms with Crippen LogP contribution in [0.15, 0.2) is 12.3 Å². The molecule has 0 aliphatic heterocycles. The van der Waals surface area contributed by atoms with E-state index in [1.54, 1.807) is 0 Å². The predicted octanol–water partition coefficient (Wildman–Crippen LogP) is 1.85. The lowest BCUT2D eigenvalue weighted by Gasteiger charge is -2.37. The highest BCUT2D eigenvalue weighted by Gasteiger charge is 2.34. The maximum Gasteiger partial charge on any atom is 0.140 e. The van der Waals surface area contributed by atoms with Crippen LogP contribution in [0.2, 0.25) is 0 Å². The van der Waals surface area contributed by atoms with Crippen LogP contribution in [0.1, 0.15) is 51.3 Å². The Kier molecular flexibility index (Phi) is 3.33. The normalized spacial score (nSPS) is 18.1. The molecular weight excluding hydrogens is 214 g/mol. The zero-order valence-electron chi connectivity index (χ0n) is 10.6. The second-order valence-electron chi connectivity index (χ2n) is 5.49. The highest BCUT2D eigenvalue weighted by molar-refractivity contribution is 5.81. The minimum Gasteiger partial charge on any atom is -0.325 e. The maximum atomic E-state index is 11.9. The fraction of sp³-hybridized carbons (Fsp3) is 0.692. The van der Waals surface area contributed by atoms with Crippen LogP contribution < -0.4 is 5.73 Å². The number of Topliss-reactive ketones (excluding diaryl/α,β-unsaturated/α-hetero) is 1. The van der Waals surface area contributed by atoms with Gasteiger partial charge in [-0.2, -0.15) is 5.10 Å². The summed E-state index contributed by atoms with van der Waals surface area (Å²) in [5, 5.41) is 4.38. The monoisotopic (exact) mass is 235 g/mol. The molecule has 0 aromatic carbocycles. The van der Waals surface area contributed by atoms with Crippen molar-refractivity contribution in [3.05, 3.63) is 18.0 Å². The van der Waals surface area contributed by atoms with Crippen LogP contribution in [-0.2, 0) is 11.2 Å². The molecule has 2 N–H and O–H groups in total. The highest BCUT2D eigenvalue weighted by atomic mass is 16.1. The second-order valence-corrected chi connectivity index (χ2v) is 5.49. The molecule has 94 valence electrons. The zero-order chi connectivity index (χ0) is 12.5. The molecule has 1 aromatic rings. The van der Waals surface area contributed by atoms with Crippen LogP contribution in [0.4, 0.5) is 0 Å². The third kappa shape index (κ3) is 2.94. The summed E-state index contributed by atoms with van der Waals surface area (Å²) in [5.41, 5.74) is 6.71. The largest absolute Gasteiger partial charge is 0.325 e. The Bertz CT molecular complexity index is 405. The van der Waals surface area contributed by atoms with Crippen molar-refractivity contribution in [2.75, 3.05) is 0 Å². The van der Waals surface area contributed by atoms with Crippen LogP contribution in [0.25, 0.3) is 0 Å². The van der Waals surface area contributed by atoms with E-state index in [2.05, 4.69) is 18.9 Å². The van der Waals surface area contributed by atoms with Crippen LogP contribution in [0, 0.1) is 0 Å². The van der Waals surface area contributed by atoms with E-state index < -0.39 is 0 Å². The molecular formula is C13H21N3O. The van der Waals surface area contributed by atoms with Crippen molar-refractivity contribution in [3.8, 4) is 0 Å². The molecule has 17 heavy (non-hydrogen) atoms. The molecule has 4 heteroatoms. The van der Waals surface area contributed by atoms with Crippen molar-refractivity contribution < 1.29 is 4.79 Å². The van der Waals surface area contributed by atoms with Gasteiger partial charge in [-0.25, -0.2) is 0 Å². The molecule has 1 fully saturated rings. The molecule has 0 amide bonds. The smallest absolute Gasteiger partial charge is 0.140 e. The summed E-state index contributed by atoms with van der Waals surface area (Å²) in [7, 11) is 0. The molecule has 0 unspecified atom stereocenters. The molecule has 4 nitrogen and oxygen atoms in total. The average molecular weight is 235 g/mol. The van der Waals surface area contributed by atoms with Crippen LogP contribution in [-0.4, -0.2) is 21.1 Å². The summed E-state index contributed by atoms with van der Waals surface area (Å²) in [5.74, 6) is 0.209. The first-order valence-electron chi connectivity index (χ1n) is 6.33.